The second-order valence-electron chi connectivity index (χ2n) is 8.43. The van der Waals surface area contributed by atoms with Gasteiger partial charge in [-0.15, -0.1) is 11.3 Å². The highest BCUT2D eigenvalue weighted by atomic mass is 32.1. The van der Waals surface area contributed by atoms with E-state index in [0.29, 0.717) is 0 Å². The third-order valence-electron chi connectivity index (χ3n) is 5.93. The van der Waals surface area contributed by atoms with Crippen LogP contribution >= 0.6 is 11.3 Å². The maximum absolute atomic E-state index is 13.0. The lowest BCUT2D eigenvalue weighted by Crippen LogP contribution is -2.08. The van der Waals surface area contributed by atoms with E-state index in [0.717, 1.165) is 49.0 Å². The molecule has 178 valence electrons. The number of carbonyl (C=O) groups excluding carboxylic acids is 1. The molecule has 0 aliphatic rings. The van der Waals surface area contributed by atoms with E-state index >= 15 is 0 Å². The van der Waals surface area contributed by atoms with Crippen LogP contribution in [0.4, 0.5) is 5.69 Å². The Balaban J connectivity index is 1.29. The van der Waals surface area contributed by atoms with Gasteiger partial charge in [0, 0.05) is 29.0 Å². The number of thiazole rings is 1. The van der Waals surface area contributed by atoms with Crippen LogP contribution in [0, 0.1) is 0 Å². The number of anilines is 1. The summed E-state index contributed by atoms with van der Waals surface area (Å²) in [7, 11) is 0. The van der Waals surface area contributed by atoms with Crippen molar-refractivity contribution in [3.63, 3.8) is 0 Å². The van der Waals surface area contributed by atoms with Gasteiger partial charge < -0.3 is 5.32 Å². The maximum atomic E-state index is 13.0. The van der Waals surface area contributed by atoms with Gasteiger partial charge in [0.25, 0.3) is 0 Å². The molecule has 6 heteroatoms. The topological polar surface area (TPSA) is 59.8 Å². The van der Waals surface area contributed by atoms with Crippen molar-refractivity contribution in [2.24, 2.45) is 0 Å². The first-order valence-electron chi connectivity index (χ1n) is 11.9. The Morgan fingerprint density at radius 2 is 1.51 bits per heavy atom. The van der Waals surface area contributed by atoms with Crippen molar-refractivity contribution in [2.75, 3.05) is 5.32 Å². The molecule has 0 radical (unpaired) electrons. The van der Waals surface area contributed by atoms with Gasteiger partial charge in [0.1, 0.15) is 5.01 Å². The summed E-state index contributed by atoms with van der Waals surface area (Å²) in [6.07, 6.45) is 5.30. The van der Waals surface area contributed by atoms with Crippen molar-refractivity contribution < 1.29 is 4.79 Å². The minimum Gasteiger partial charge on any atom is -0.322 e. The number of nitrogens with one attached hydrogen (secondary N) is 1. The van der Waals surface area contributed by atoms with E-state index in [1.165, 1.54) is 0 Å². The first-order chi connectivity index (χ1) is 18.2. The molecule has 6 aromatic rings. The molecule has 37 heavy (non-hydrogen) atoms. The molecule has 1 N–H and O–H groups in total. The average Bonchev–Trinajstić information content (AvgIpc) is 3.58. The van der Waals surface area contributed by atoms with Crippen LogP contribution in [0.1, 0.15) is 5.56 Å². The summed E-state index contributed by atoms with van der Waals surface area (Å²) in [6.45, 7) is 0. The summed E-state index contributed by atoms with van der Waals surface area (Å²) in [4.78, 5) is 17.8. The summed E-state index contributed by atoms with van der Waals surface area (Å²) in [6, 6.07) is 35.7. The average molecular weight is 499 g/mol. The molecule has 6 rings (SSSR count). The fourth-order valence-electron chi connectivity index (χ4n) is 4.15. The molecule has 0 saturated carbocycles. The zero-order chi connectivity index (χ0) is 25.0. The monoisotopic (exact) mass is 498 g/mol. The van der Waals surface area contributed by atoms with E-state index in [9.17, 15) is 4.79 Å². The van der Waals surface area contributed by atoms with Crippen LogP contribution in [-0.4, -0.2) is 20.7 Å². The molecule has 2 aromatic heterocycles. The van der Waals surface area contributed by atoms with Gasteiger partial charge in [-0.2, -0.15) is 5.10 Å². The third-order valence-corrected chi connectivity index (χ3v) is 7.00. The van der Waals surface area contributed by atoms with E-state index in [4.69, 9.17) is 10.1 Å². The zero-order valence-electron chi connectivity index (χ0n) is 19.8. The Morgan fingerprint density at radius 1 is 0.811 bits per heavy atom. The highest BCUT2D eigenvalue weighted by Crippen LogP contribution is 2.34. The van der Waals surface area contributed by atoms with Crippen LogP contribution in [0.15, 0.2) is 121 Å². The molecule has 0 aliphatic carbocycles. The summed E-state index contributed by atoms with van der Waals surface area (Å²) in [5, 5.41) is 8.72. The Hall–Kier alpha value is -4.81. The summed E-state index contributed by atoms with van der Waals surface area (Å²) < 4.78 is 2.95. The van der Waals surface area contributed by atoms with Crippen molar-refractivity contribution in [3.05, 3.63) is 127 Å². The molecule has 5 nitrogen and oxygen atoms in total. The van der Waals surface area contributed by atoms with Crippen LogP contribution in [-0.2, 0) is 4.79 Å². The van der Waals surface area contributed by atoms with Gasteiger partial charge in [-0.25, -0.2) is 9.67 Å². The number of amides is 1. The number of benzene rings is 4. The molecule has 2 heterocycles. The lowest BCUT2D eigenvalue weighted by Gasteiger charge is -2.07. The van der Waals surface area contributed by atoms with Crippen molar-refractivity contribution in [2.45, 2.75) is 0 Å². The van der Waals surface area contributed by atoms with E-state index in [-0.39, 0.29) is 5.91 Å². The van der Waals surface area contributed by atoms with E-state index in [1.807, 2.05) is 120 Å². The highest BCUT2D eigenvalue weighted by Gasteiger charge is 2.13. The molecule has 0 aliphatic heterocycles. The summed E-state index contributed by atoms with van der Waals surface area (Å²) in [5.74, 6) is -0.222. The molecular formula is C31H22N4OS. The fraction of sp³-hybridized carbons (Fsp3) is 0. The third kappa shape index (κ3) is 4.83. The standard InChI is InChI=1S/C31H22N4OS/c36-29(32-26-16-8-7-15-25(26)31-33-27-17-9-10-18-28(27)37-31)20-19-23-21-35(24-13-5-2-6-14-24)34-30(23)22-11-3-1-4-12-22/h1-21H,(H,32,36)/b20-19+. The van der Waals surface area contributed by atoms with Gasteiger partial charge >= 0.3 is 0 Å². The van der Waals surface area contributed by atoms with Gasteiger partial charge in [0.05, 0.1) is 27.3 Å². The lowest BCUT2D eigenvalue weighted by molar-refractivity contribution is -0.111. The largest absolute Gasteiger partial charge is 0.322 e. The minimum absolute atomic E-state index is 0.222. The second-order valence-corrected chi connectivity index (χ2v) is 9.46. The Morgan fingerprint density at radius 3 is 2.32 bits per heavy atom. The number of carbonyl (C=O) groups is 1. The molecule has 1 amide bonds. The maximum Gasteiger partial charge on any atom is 0.248 e. The Kier molecular flexibility index (Phi) is 6.15. The number of aromatic nitrogens is 3. The predicted octanol–water partition coefficient (Wildman–Crippen LogP) is 7.47. The van der Waals surface area contributed by atoms with Crippen LogP contribution < -0.4 is 5.32 Å². The molecule has 0 atom stereocenters. The number of rotatable bonds is 6. The number of nitrogens with zero attached hydrogens (tertiary/aromatic N) is 3. The van der Waals surface area contributed by atoms with Crippen molar-refractivity contribution in [3.8, 4) is 27.5 Å². The van der Waals surface area contributed by atoms with E-state index in [2.05, 4.69) is 11.4 Å². The molecule has 0 bridgehead atoms. The predicted molar refractivity (Wildman–Crippen MR) is 152 cm³/mol. The number of hydrogen-bond acceptors (Lipinski definition) is 4. The number of fused-ring (bicyclic) bond motifs is 1. The molecule has 4 aromatic carbocycles. The Bertz CT molecular complexity index is 1690. The lowest BCUT2D eigenvalue weighted by atomic mass is 10.1. The molecule has 0 saturated heterocycles. The van der Waals surface area contributed by atoms with Gasteiger partial charge in [-0.3, -0.25) is 4.79 Å². The SMILES string of the molecule is O=C(/C=C/c1cn(-c2ccccc2)nc1-c1ccccc1)Nc1ccccc1-c1nc2ccccc2s1. The molecule has 0 spiro atoms. The van der Waals surface area contributed by atoms with Crippen molar-refractivity contribution in [1.82, 2.24) is 14.8 Å². The van der Waals surface area contributed by atoms with Crippen LogP contribution in [0.3, 0.4) is 0 Å². The first kappa shape index (κ1) is 22.6. The summed E-state index contributed by atoms with van der Waals surface area (Å²) in [5.41, 5.74) is 6.17. The zero-order valence-corrected chi connectivity index (χ0v) is 20.6. The van der Waals surface area contributed by atoms with E-state index in [1.54, 1.807) is 17.4 Å². The quantitative estimate of drug-likeness (QED) is 0.242. The molecule has 0 unspecified atom stereocenters. The van der Waals surface area contributed by atoms with Gasteiger partial charge in [-0.1, -0.05) is 72.8 Å². The highest BCUT2D eigenvalue weighted by molar-refractivity contribution is 7.21. The van der Waals surface area contributed by atoms with Gasteiger partial charge in [0.15, 0.2) is 0 Å². The van der Waals surface area contributed by atoms with Gasteiger partial charge in [-0.05, 0) is 42.5 Å². The van der Waals surface area contributed by atoms with Crippen LogP contribution in [0.5, 0.6) is 0 Å². The van der Waals surface area contributed by atoms with Crippen molar-refractivity contribution in [1.29, 1.82) is 0 Å². The number of hydrogen-bond donors (Lipinski definition) is 1. The summed E-state index contributed by atoms with van der Waals surface area (Å²) >= 11 is 1.61. The van der Waals surface area contributed by atoms with Crippen LogP contribution in [0.2, 0.25) is 0 Å². The van der Waals surface area contributed by atoms with Gasteiger partial charge in [0.2, 0.25) is 5.91 Å². The normalized spacial score (nSPS) is 11.2. The minimum atomic E-state index is -0.222. The Labute approximate surface area is 218 Å². The fourth-order valence-corrected chi connectivity index (χ4v) is 5.15. The smallest absolute Gasteiger partial charge is 0.248 e. The van der Waals surface area contributed by atoms with Crippen molar-refractivity contribution >= 4 is 39.2 Å². The number of para-hydroxylation sites is 3. The van der Waals surface area contributed by atoms with Crippen LogP contribution in [0.25, 0.3) is 43.8 Å². The van der Waals surface area contributed by atoms with E-state index < -0.39 is 0 Å². The molecule has 0 fully saturated rings. The second kappa shape index (κ2) is 10.0. The molecular weight excluding hydrogens is 476 g/mol. The first-order valence-corrected chi connectivity index (χ1v) is 12.7.